The van der Waals surface area contributed by atoms with Gasteiger partial charge in [-0.05, 0) is 21.5 Å². The molecule has 4 heteroatoms. The van der Waals surface area contributed by atoms with Crippen molar-refractivity contribution in [1.29, 1.82) is 0 Å². The second-order valence-corrected chi connectivity index (χ2v) is 7.32. The summed E-state index contributed by atoms with van der Waals surface area (Å²) in [5.41, 5.74) is -0.998. The normalized spacial score (nSPS) is 20.1. The minimum Gasteiger partial charge on any atom is -0.384 e. The third-order valence-corrected chi connectivity index (χ3v) is 5.30. The highest BCUT2D eigenvalue weighted by Gasteiger charge is 2.53. The van der Waals surface area contributed by atoms with E-state index in [4.69, 9.17) is 4.74 Å². The van der Waals surface area contributed by atoms with E-state index in [2.05, 4.69) is 5.32 Å². The first kappa shape index (κ1) is 16.1. The smallest absolute Gasteiger partial charge is 0.254 e. The maximum atomic E-state index is 12.9. The first-order valence-electron chi connectivity index (χ1n) is 8.38. The topological polar surface area (TPSA) is 58.6 Å². The molecule has 4 rings (SSSR count). The minimum absolute atomic E-state index is 0.247. The third kappa shape index (κ3) is 2.04. The molecule has 0 fully saturated rings. The number of hydrogen-bond acceptors (Lipinski definition) is 3. The summed E-state index contributed by atoms with van der Waals surface area (Å²) in [6.45, 7) is 4.11. The molecule has 3 aromatic carbocycles. The molecular formula is C21H21NO3. The molecule has 0 aliphatic carbocycles. The Morgan fingerprint density at radius 1 is 1.00 bits per heavy atom. The number of aliphatic hydroxyl groups is 1. The molecule has 25 heavy (non-hydrogen) atoms. The van der Waals surface area contributed by atoms with Gasteiger partial charge >= 0.3 is 0 Å². The second-order valence-electron chi connectivity index (χ2n) is 7.32. The van der Waals surface area contributed by atoms with Crippen LogP contribution in [0.5, 0.6) is 0 Å². The minimum atomic E-state index is -1.50. The predicted octanol–water partition coefficient (Wildman–Crippen LogP) is 3.55. The number of fused-ring (bicyclic) bond motifs is 6. The highest BCUT2D eigenvalue weighted by molar-refractivity contribution is 6.21. The van der Waals surface area contributed by atoms with Crippen LogP contribution in [0.4, 0.5) is 0 Å². The van der Waals surface area contributed by atoms with Crippen LogP contribution in [0.25, 0.3) is 21.5 Å². The Hall–Kier alpha value is -2.43. The summed E-state index contributed by atoms with van der Waals surface area (Å²) < 4.78 is 5.32. The summed E-state index contributed by atoms with van der Waals surface area (Å²) in [4.78, 5) is 12.9. The number of rotatable bonds is 3. The maximum Gasteiger partial charge on any atom is 0.254 e. The Morgan fingerprint density at radius 3 is 2.12 bits per heavy atom. The summed E-state index contributed by atoms with van der Waals surface area (Å²) in [7, 11) is 1.60. The lowest BCUT2D eigenvalue weighted by Gasteiger charge is -2.40. The van der Waals surface area contributed by atoms with Crippen LogP contribution in [0.2, 0.25) is 0 Å². The van der Waals surface area contributed by atoms with Gasteiger partial charge in [0.15, 0.2) is 5.72 Å². The molecular weight excluding hydrogens is 314 g/mol. The summed E-state index contributed by atoms with van der Waals surface area (Å²) in [5, 5.41) is 18.3. The van der Waals surface area contributed by atoms with Gasteiger partial charge in [0, 0.05) is 18.1 Å². The van der Waals surface area contributed by atoms with E-state index in [1.807, 2.05) is 62.4 Å². The molecule has 1 heterocycles. The van der Waals surface area contributed by atoms with Gasteiger partial charge < -0.3 is 15.2 Å². The Labute approximate surface area is 146 Å². The zero-order chi connectivity index (χ0) is 17.8. The van der Waals surface area contributed by atoms with Gasteiger partial charge in [0.2, 0.25) is 0 Å². The van der Waals surface area contributed by atoms with Crippen molar-refractivity contribution < 1.29 is 14.6 Å². The summed E-state index contributed by atoms with van der Waals surface area (Å²) in [5.74, 6) is -0.247. The second kappa shape index (κ2) is 5.28. The molecule has 0 saturated heterocycles. The molecule has 0 bridgehead atoms. The van der Waals surface area contributed by atoms with Crippen molar-refractivity contribution in [2.45, 2.75) is 19.6 Å². The Bertz CT molecular complexity index is 1010. The summed E-state index contributed by atoms with van der Waals surface area (Å²) in [6.07, 6.45) is 0. The fourth-order valence-corrected chi connectivity index (χ4v) is 4.02. The molecule has 4 nitrogen and oxygen atoms in total. The maximum absolute atomic E-state index is 12.9. The molecule has 1 amide bonds. The van der Waals surface area contributed by atoms with Crippen LogP contribution in [0.3, 0.4) is 0 Å². The van der Waals surface area contributed by atoms with E-state index in [0.717, 1.165) is 21.5 Å². The van der Waals surface area contributed by atoms with Crippen LogP contribution in [0.1, 0.15) is 29.8 Å². The molecule has 0 spiro atoms. The van der Waals surface area contributed by atoms with Gasteiger partial charge in [-0.15, -0.1) is 0 Å². The number of nitrogens with one attached hydrogen (secondary N) is 1. The molecule has 3 aromatic rings. The average molecular weight is 335 g/mol. The largest absolute Gasteiger partial charge is 0.384 e. The zero-order valence-corrected chi connectivity index (χ0v) is 14.6. The van der Waals surface area contributed by atoms with Gasteiger partial charge in [0.25, 0.3) is 5.91 Å². The molecule has 128 valence electrons. The molecule has 1 unspecified atom stereocenters. The average Bonchev–Trinajstić information content (AvgIpc) is 2.88. The van der Waals surface area contributed by atoms with Crippen LogP contribution in [-0.4, -0.2) is 24.7 Å². The van der Waals surface area contributed by atoms with Crippen molar-refractivity contribution in [1.82, 2.24) is 5.32 Å². The summed E-state index contributed by atoms with van der Waals surface area (Å²) >= 11 is 0. The Balaban J connectivity index is 2.19. The highest BCUT2D eigenvalue weighted by Crippen LogP contribution is 2.48. The van der Waals surface area contributed by atoms with E-state index in [1.165, 1.54) is 0 Å². The molecule has 1 aliphatic heterocycles. The van der Waals surface area contributed by atoms with Crippen molar-refractivity contribution in [3.05, 3.63) is 59.7 Å². The number of hydrogen-bond donors (Lipinski definition) is 2. The lowest BCUT2D eigenvalue weighted by molar-refractivity contribution is -0.114. The van der Waals surface area contributed by atoms with E-state index in [-0.39, 0.29) is 5.91 Å². The monoisotopic (exact) mass is 335 g/mol. The number of amides is 1. The van der Waals surface area contributed by atoms with E-state index in [1.54, 1.807) is 7.11 Å². The van der Waals surface area contributed by atoms with Crippen molar-refractivity contribution in [3.63, 3.8) is 0 Å². The quantitative estimate of drug-likeness (QED) is 0.720. The zero-order valence-electron chi connectivity index (χ0n) is 14.6. The lowest BCUT2D eigenvalue weighted by atomic mass is 9.75. The fourth-order valence-electron chi connectivity index (χ4n) is 4.02. The van der Waals surface area contributed by atoms with E-state index < -0.39 is 11.1 Å². The van der Waals surface area contributed by atoms with E-state index >= 15 is 0 Å². The van der Waals surface area contributed by atoms with E-state index in [0.29, 0.717) is 17.7 Å². The Kier molecular flexibility index (Phi) is 3.39. The van der Waals surface area contributed by atoms with Crippen molar-refractivity contribution in [2.75, 3.05) is 13.7 Å². The van der Waals surface area contributed by atoms with Crippen LogP contribution in [0, 0.1) is 5.41 Å². The molecule has 1 atom stereocenters. The summed E-state index contributed by atoms with van der Waals surface area (Å²) in [6, 6.07) is 15.8. The standard InChI is InChI=1S/C21H21NO3/c1-20(2,12-25-3)21(24)18-16-11-7-5-9-14(16)13-8-4-6-10-15(13)17(18)19(23)22-21/h4-11,24H,12H2,1-3H3,(H,22,23). The van der Waals surface area contributed by atoms with Gasteiger partial charge in [-0.3, -0.25) is 4.79 Å². The molecule has 0 radical (unpaired) electrons. The van der Waals surface area contributed by atoms with Crippen molar-refractivity contribution in [2.24, 2.45) is 5.41 Å². The number of carbonyl (C=O) groups excluding carboxylic acids is 1. The number of methoxy groups -OCH3 is 1. The van der Waals surface area contributed by atoms with Crippen LogP contribution in [-0.2, 0) is 10.5 Å². The fraction of sp³-hybridized carbons (Fsp3) is 0.286. The Morgan fingerprint density at radius 2 is 1.52 bits per heavy atom. The number of benzene rings is 3. The molecule has 0 saturated carbocycles. The van der Waals surface area contributed by atoms with Gasteiger partial charge in [-0.1, -0.05) is 62.4 Å². The van der Waals surface area contributed by atoms with Gasteiger partial charge in [0.05, 0.1) is 12.2 Å². The first-order valence-corrected chi connectivity index (χ1v) is 8.38. The van der Waals surface area contributed by atoms with Crippen molar-refractivity contribution in [3.8, 4) is 0 Å². The third-order valence-electron chi connectivity index (χ3n) is 5.30. The number of ether oxygens (including phenoxy) is 1. The predicted molar refractivity (Wildman–Crippen MR) is 98.5 cm³/mol. The van der Waals surface area contributed by atoms with Gasteiger partial charge in [0.1, 0.15) is 0 Å². The molecule has 0 aromatic heterocycles. The van der Waals surface area contributed by atoms with Gasteiger partial charge in [-0.25, -0.2) is 0 Å². The highest BCUT2D eigenvalue weighted by atomic mass is 16.5. The van der Waals surface area contributed by atoms with Crippen molar-refractivity contribution >= 4 is 27.5 Å². The number of carbonyl (C=O) groups is 1. The van der Waals surface area contributed by atoms with Gasteiger partial charge in [-0.2, -0.15) is 0 Å². The molecule has 1 aliphatic rings. The van der Waals surface area contributed by atoms with Crippen LogP contribution < -0.4 is 5.32 Å². The van der Waals surface area contributed by atoms with Crippen LogP contribution >= 0.6 is 0 Å². The first-order chi connectivity index (χ1) is 11.9. The van der Waals surface area contributed by atoms with E-state index in [9.17, 15) is 9.90 Å². The van der Waals surface area contributed by atoms with Crippen LogP contribution in [0.15, 0.2) is 48.5 Å². The molecule has 2 N–H and O–H groups in total. The lowest BCUT2D eigenvalue weighted by Crippen LogP contribution is -2.53. The SMILES string of the molecule is COCC(C)(C)C1(O)NC(=O)c2c1c1ccccc1c1ccccc21.